The average Bonchev–Trinajstić information content (AvgIpc) is 2.93. The molecular formula is C17H21BrN2O3. The van der Waals surface area contributed by atoms with Crippen molar-refractivity contribution in [2.45, 2.75) is 39.5 Å². The summed E-state index contributed by atoms with van der Waals surface area (Å²) in [5.74, 6) is 1.55. The van der Waals surface area contributed by atoms with E-state index in [4.69, 9.17) is 9.26 Å². The zero-order valence-electron chi connectivity index (χ0n) is 13.4. The number of aromatic nitrogens is 1. The van der Waals surface area contributed by atoms with Gasteiger partial charge in [0.05, 0.1) is 11.1 Å². The summed E-state index contributed by atoms with van der Waals surface area (Å²) in [5, 5.41) is 6.43. The molecule has 2 aromatic rings. The Morgan fingerprint density at radius 3 is 2.78 bits per heavy atom. The maximum atomic E-state index is 12.2. The Kier molecular flexibility index (Phi) is 6.65. The topological polar surface area (TPSA) is 64.4 Å². The number of carbonyl (C=O) groups excluding carboxylic acids is 1. The van der Waals surface area contributed by atoms with E-state index in [1.165, 1.54) is 19.3 Å². The van der Waals surface area contributed by atoms with E-state index in [2.05, 4.69) is 33.3 Å². The minimum atomic E-state index is -0.242. The molecule has 0 saturated heterocycles. The molecule has 1 aromatic carbocycles. The van der Waals surface area contributed by atoms with Gasteiger partial charge in [-0.3, -0.25) is 4.79 Å². The van der Waals surface area contributed by atoms with E-state index in [0.29, 0.717) is 23.7 Å². The fraction of sp³-hybridized carbons (Fsp3) is 0.412. The van der Waals surface area contributed by atoms with E-state index in [-0.39, 0.29) is 5.91 Å². The van der Waals surface area contributed by atoms with Gasteiger partial charge in [0.25, 0.3) is 5.91 Å². The van der Waals surface area contributed by atoms with E-state index in [1.807, 2.05) is 0 Å². The van der Waals surface area contributed by atoms with Crippen LogP contribution < -0.4 is 10.1 Å². The number of ether oxygens (including phenoxy) is 1. The fourth-order valence-corrected chi connectivity index (χ4v) is 2.58. The first-order chi connectivity index (χ1) is 11.1. The fourth-order valence-electron chi connectivity index (χ4n) is 2.08. The maximum absolute atomic E-state index is 12.2. The van der Waals surface area contributed by atoms with E-state index in [1.54, 1.807) is 31.2 Å². The molecule has 0 unspecified atom stereocenters. The van der Waals surface area contributed by atoms with Gasteiger partial charge in [-0.15, -0.1) is 0 Å². The minimum absolute atomic E-state index is 0.242. The van der Waals surface area contributed by atoms with E-state index in [0.717, 1.165) is 16.6 Å². The molecule has 1 heterocycles. The van der Waals surface area contributed by atoms with Crippen molar-refractivity contribution in [2.75, 3.05) is 11.9 Å². The molecule has 0 saturated carbocycles. The highest BCUT2D eigenvalue weighted by atomic mass is 79.9. The molecule has 0 aliphatic heterocycles. The van der Waals surface area contributed by atoms with Crippen LogP contribution in [0.5, 0.6) is 5.75 Å². The number of halogens is 1. The van der Waals surface area contributed by atoms with Crippen LogP contribution in [-0.2, 0) is 0 Å². The molecule has 1 aromatic heterocycles. The summed E-state index contributed by atoms with van der Waals surface area (Å²) >= 11 is 3.45. The zero-order valence-corrected chi connectivity index (χ0v) is 15.0. The second kappa shape index (κ2) is 8.72. The van der Waals surface area contributed by atoms with Crippen molar-refractivity contribution in [3.63, 3.8) is 0 Å². The predicted octanol–water partition coefficient (Wildman–Crippen LogP) is 4.96. The number of nitrogens with one attached hydrogen (secondary N) is 1. The molecule has 0 spiro atoms. The van der Waals surface area contributed by atoms with Crippen LogP contribution in [0.2, 0.25) is 0 Å². The lowest BCUT2D eigenvalue weighted by Crippen LogP contribution is -2.12. The summed E-state index contributed by atoms with van der Waals surface area (Å²) in [7, 11) is 0. The molecular weight excluding hydrogens is 360 g/mol. The number of aryl methyl sites for hydroxylation is 1. The average molecular weight is 381 g/mol. The summed E-state index contributed by atoms with van der Waals surface area (Å²) < 4.78 is 11.4. The van der Waals surface area contributed by atoms with Crippen LogP contribution in [0, 0.1) is 6.92 Å². The van der Waals surface area contributed by atoms with Crippen LogP contribution >= 0.6 is 15.9 Å². The predicted molar refractivity (Wildman–Crippen MR) is 93.0 cm³/mol. The monoisotopic (exact) mass is 380 g/mol. The van der Waals surface area contributed by atoms with Crippen LogP contribution in [0.25, 0.3) is 0 Å². The molecule has 23 heavy (non-hydrogen) atoms. The summed E-state index contributed by atoms with van der Waals surface area (Å²) in [6.45, 7) is 4.63. The summed E-state index contributed by atoms with van der Waals surface area (Å²) in [5.41, 5.74) is 0.524. The van der Waals surface area contributed by atoms with Crippen LogP contribution in [0.4, 0.5) is 5.82 Å². The van der Waals surface area contributed by atoms with Gasteiger partial charge in [0.15, 0.2) is 5.82 Å². The van der Waals surface area contributed by atoms with Crippen LogP contribution in [0.3, 0.4) is 0 Å². The normalized spacial score (nSPS) is 10.6. The molecule has 0 atom stereocenters. The van der Waals surface area contributed by atoms with E-state index >= 15 is 0 Å². The van der Waals surface area contributed by atoms with Crippen molar-refractivity contribution in [3.05, 3.63) is 40.1 Å². The molecule has 2 rings (SSSR count). The Morgan fingerprint density at radius 2 is 2.13 bits per heavy atom. The molecule has 0 radical (unpaired) electrons. The number of amides is 1. The Balaban J connectivity index is 1.91. The van der Waals surface area contributed by atoms with Crippen molar-refractivity contribution in [1.82, 2.24) is 5.16 Å². The number of hydrogen-bond acceptors (Lipinski definition) is 4. The van der Waals surface area contributed by atoms with E-state index < -0.39 is 0 Å². The number of anilines is 1. The number of carbonyl (C=O) groups is 1. The number of benzene rings is 1. The van der Waals surface area contributed by atoms with Gasteiger partial charge < -0.3 is 14.6 Å². The number of hydrogen-bond donors (Lipinski definition) is 1. The first kappa shape index (κ1) is 17.5. The third-order valence-electron chi connectivity index (χ3n) is 3.32. The highest BCUT2D eigenvalue weighted by Gasteiger charge is 2.11. The molecule has 1 amide bonds. The Bertz CT molecular complexity index is 655. The summed E-state index contributed by atoms with van der Waals surface area (Å²) in [4.78, 5) is 12.2. The molecule has 6 heteroatoms. The van der Waals surface area contributed by atoms with Crippen LogP contribution in [-0.4, -0.2) is 17.7 Å². The van der Waals surface area contributed by atoms with Crippen molar-refractivity contribution < 1.29 is 14.1 Å². The second-order valence-corrected chi connectivity index (χ2v) is 6.19. The smallest absolute Gasteiger partial charge is 0.256 e. The van der Waals surface area contributed by atoms with Crippen molar-refractivity contribution in [3.8, 4) is 5.75 Å². The lowest BCUT2D eigenvalue weighted by molar-refractivity contribution is 0.102. The standard InChI is InChI=1S/C17H21BrN2O3/c1-3-4-5-6-9-22-15-8-7-13(11-14(15)18)17(21)19-16-10-12(2)23-20-16/h7-8,10-11H,3-6,9H2,1-2H3,(H,19,20,21). The van der Waals surface area contributed by atoms with Gasteiger partial charge in [-0.2, -0.15) is 0 Å². The molecule has 0 aliphatic rings. The Labute approximate surface area is 144 Å². The molecule has 5 nitrogen and oxygen atoms in total. The van der Waals surface area contributed by atoms with Crippen LogP contribution in [0.1, 0.15) is 48.7 Å². The summed E-state index contributed by atoms with van der Waals surface area (Å²) in [6, 6.07) is 6.94. The highest BCUT2D eigenvalue weighted by Crippen LogP contribution is 2.26. The lowest BCUT2D eigenvalue weighted by Gasteiger charge is -2.09. The van der Waals surface area contributed by atoms with Crippen molar-refractivity contribution >= 4 is 27.7 Å². The third kappa shape index (κ3) is 5.39. The van der Waals surface area contributed by atoms with Gasteiger partial charge >= 0.3 is 0 Å². The van der Waals surface area contributed by atoms with Crippen molar-refractivity contribution in [1.29, 1.82) is 0 Å². The Hall–Kier alpha value is -1.82. The third-order valence-corrected chi connectivity index (χ3v) is 3.94. The van der Waals surface area contributed by atoms with Gasteiger partial charge in [-0.05, 0) is 47.5 Å². The van der Waals surface area contributed by atoms with E-state index in [9.17, 15) is 4.79 Å². The largest absolute Gasteiger partial charge is 0.492 e. The minimum Gasteiger partial charge on any atom is -0.492 e. The first-order valence-electron chi connectivity index (χ1n) is 7.77. The van der Waals surface area contributed by atoms with Crippen LogP contribution in [0.15, 0.2) is 33.3 Å². The Morgan fingerprint density at radius 1 is 1.30 bits per heavy atom. The lowest BCUT2D eigenvalue weighted by atomic mass is 10.2. The highest BCUT2D eigenvalue weighted by molar-refractivity contribution is 9.10. The number of nitrogens with zero attached hydrogens (tertiary/aromatic N) is 1. The molecule has 0 fully saturated rings. The quantitative estimate of drug-likeness (QED) is 0.657. The van der Waals surface area contributed by atoms with Gasteiger partial charge in [0.2, 0.25) is 0 Å². The second-order valence-electron chi connectivity index (χ2n) is 5.33. The maximum Gasteiger partial charge on any atom is 0.256 e. The number of unbranched alkanes of at least 4 members (excludes halogenated alkanes) is 3. The van der Waals surface area contributed by atoms with Crippen molar-refractivity contribution in [2.24, 2.45) is 0 Å². The van der Waals surface area contributed by atoms with Gasteiger partial charge in [-0.25, -0.2) is 0 Å². The van der Waals surface area contributed by atoms with Gasteiger partial charge in [-0.1, -0.05) is 31.3 Å². The first-order valence-corrected chi connectivity index (χ1v) is 8.56. The molecule has 1 N–H and O–H groups in total. The van der Waals surface area contributed by atoms with Gasteiger partial charge in [0, 0.05) is 11.6 Å². The molecule has 0 bridgehead atoms. The molecule has 0 aliphatic carbocycles. The zero-order chi connectivity index (χ0) is 16.7. The molecule has 124 valence electrons. The number of rotatable bonds is 8. The van der Waals surface area contributed by atoms with Gasteiger partial charge in [0.1, 0.15) is 11.5 Å². The summed E-state index contributed by atoms with van der Waals surface area (Å²) in [6.07, 6.45) is 4.64. The SMILES string of the molecule is CCCCCCOc1ccc(C(=O)Nc2cc(C)on2)cc1Br.